The van der Waals surface area contributed by atoms with Crippen LogP contribution in [0.5, 0.6) is 0 Å². The molecule has 6 N–H and O–H groups in total. The summed E-state index contributed by atoms with van der Waals surface area (Å²) < 4.78 is 16.5. The maximum absolute atomic E-state index is 12.5. The number of hydrogen-bond acceptors (Lipinski definition) is 19. The summed E-state index contributed by atoms with van der Waals surface area (Å²) in [7, 11) is 0. The number of Topliss-reactive ketones (excluding diaryl/α,β-unsaturated/α-hetero) is 1. The molecule has 0 amide bonds. The second-order valence-electron chi connectivity index (χ2n) is 18.5. The van der Waals surface area contributed by atoms with E-state index in [1.807, 2.05) is 17.0 Å². The van der Waals surface area contributed by atoms with Crippen molar-refractivity contribution in [1.29, 1.82) is 0 Å². The number of benzene rings is 2. The molecular weight excluding hydrogens is 883 g/mol. The lowest BCUT2D eigenvalue weighted by molar-refractivity contribution is -0.383. The molecule has 4 saturated heterocycles. The molecular formula is C49H67N13O7. The molecule has 69 heavy (non-hydrogen) atoms. The SMILES string of the molecule is CCOC(=O)CN(Cc1cccc(CN2CCCC2)c1)c1nc(NCC2CCCO2)nc(N)c1[N+](=O)[O-].Nc1nc(NCC2CCCO2)nc2c1CC(=O)CN2Cc1cccc(CN2CCCC2)c1. The topological polar surface area (TPSA) is 246 Å². The number of ketones is 1. The van der Waals surface area contributed by atoms with Crippen LogP contribution in [0.3, 0.4) is 0 Å². The Morgan fingerprint density at radius 2 is 1.35 bits per heavy atom. The largest absolute Gasteiger partial charge is 0.465 e. The summed E-state index contributed by atoms with van der Waals surface area (Å²) in [6, 6.07) is 16.7. The number of nitro groups is 1. The highest BCUT2D eigenvalue weighted by Gasteiger charge is 2.31. The highest BCUT2D eigenvalue weighted by molar-refractivity contribution is 5.91. The molecule has 20 nitrogen and oxygen atoms in total. The van der Waals surface area contributed by atoms with Crippen LogP contribution < -0.4 is 31.9 Å². The molecule has 0 bridgehead atoms. The van der Waals surface area contributed by atoms with Crippen molar-refractivity contribution in [3.63, 3.8) is 0 Å². The molecule has 0 radical (unpaired) electrons. The zero-order chi connectivity index (χ0) is 48.1. The highest BCUT2D eigenvalue weighted by Crippen LogP contribution is 2.34. The summed E-state index contributed by atoms with van der Waals surface area (Å²) >= 11 is 0. The van der Waals surface area contributed by atoms with Crippen LogP contribution in [0.25, 0.3) is 0 Å². The first-order valence-electron chi connectivity index (χ1n) is 24.5. The van der Waals surface area contributed by atoms with Gasteiger partial charge in [0.25, 0.3) is 0 Å². The van der Waals surface area contributed by atoms with Crippen LogP contribution in [0.1, 0.15) is 86.1 Å². The third-order valence-corrected chi connectivity index (χ3v) is 13.0. The maximum Gasteiger partial charge on any atom is 0.353 e. The van der Waals surface area contributed by atoms with Gasteiger partial charge in [-0.2, -0.15) is 19.9 Å². The number of likely N-dealkylation sites (tertiary alicyclic amines) is 2. The van der Waals surface area contributed by atoms with Gasteiger partial charge in [0.15, 0.2) is 5.78 Å². The van der Waals surface area contributed by atoms with Crippen molar-refractivity contribution in [2.75, 3.05) is 104 Å². The Morgan fingerprint density at radius 1 is 0.797 bits per heavy atom. The fourth-order valence-corrected chi connectivity index (χ4v) is 9.69. The van der Waals surface area contributed by atoms with Crippen LogP contribution in [0, 0.1) is 10.1 Å². The van der Waals surface area contributed by atoms with Crippen molar-refractivity contribution >= 4 is 52.6 Å². The Kier molecular flexibility index (Phi) is 17.0. The molecule has 20 heteroatoms. The fraction of sp³-hybridized carbons (Fsp3) is 0.551. The van der Waals surface area contributed by atoms with Gasteiger partial charge in [0, 0.05) is 64.5 Å². The molecule has 0 aliphatic carbocycles. The van der Waals surface area contributed by atoms with Crippen LogP contribution >= 0.6 is 0 Å². The third-order valence-electron chi connectivity index (χ3n) is 13.0. The number of hydrogen-bond donors (Lipinski definition) is 4. The summed E-state index contributed by atoms with van der Waals surface area (Å²) in [6.07, 6.45) is 9.49. The van der Waals surface area contributed by atoms with Crippen LogP contribution in [-0.4, -0.2) is 131 Å². The number of nitrogens with zero attached hydrogens (tertiary/aromatic N) is 9. The van der Waals surface area contributed by atoms with Crippen LogP contribution in [0.15, 0.2) is 48.5 Å². The predicted molar refractivity (Wildman–Crippen MR) is 264 cm³/mol. The van der Waals surface area contributed by atoms with E-state index in [0.717, 1.165) is 81.0 Å². The van der Waals surface area contributed by atoms with E-state index in [4.69, 9.17) is 30.7 Å². The van der Waals surface area contributed by atoms with E-state index in [-0.39, 0.29) is 55.3 Å². The maximum atomic E-state index is 12.5. The number of aromatic nitrogens is 4. The van der Waals surface area contributed by atoms with Crippen molar-refractivity contribution in [3.8, 4) is 0 Å². The first kappa shape index (κ1) is 49.2. The second kappa shape index (κ2) is 23.9. The van der Waals surface area contributed by atoms with Crippen LogP contribution in [0.2, 0.25) is 0 Å². The van der Waals surface area contributed by atoms with Crippen LogP contribution in [-0.2, 0) is 56.4 Å². The Morgan fingerprint density at radius 3 is 1.91 bits per heavy atom. The first-order chi connectivity index (χ1) is 33.6. The van der Waals surface area contributed by atoms with Gasteiger partial charge in [-0.05, 0) is 107 Å². The number of carbonyl (C=O) groups excluding carboxylic acids is 2. The lowest BCUT2D eigenvalue weighted by atomic mass is 10.0. The molecule has 2 aromatic heterocycles. The lowest BCUT2D eigenvalue weighted by Crippen LogP contribution is -2.37. The van der Waals surface area contributed by atoms with Gasteiger partial charge in [0.2, 0.25) is 23.5 Å². The minimum atomic E-state index is -0.615. The Hall–Kier alpha value is -6.22. The van der Waals surface area contributed by atoms with Gasteiger partial charge in [-0.1, -0.05) is 48.5 Å². The Bertz CT molecular complexity index is 2380. The molecule has 0 saturated carbocycles. The fourth-order valence-electron chi connectivity index (χ4n) is 9.69. The van der Waals surface area contributed by atoms with Crippen molar-refractivity contribution < 1.29 is 28.7 Å². The molecule has 0 spiro atoms. The van der Waals surface area contributed by atoms with E-state index >= 15 is 0 Å². The molecule has 4 aromatic rings. The van der Waals surface area contributed by atoms with E-state index in [0.29, 0.717) is 51.0 Å². The van der Waals surface area contributed by atoms with E-state index in [9.17, 15) is 19.7 Å². The smallest absolute Gasteiger partial charge is 0.353 e. The van der Waals surface area contributed by atoms with E-state index < -0.39 is 16.6 Å². The molecule has 4 fully saturated rings. The summed E-state index contributed by atoms with van der Waals surface area (Å²) in [5.74, 6) is 1.09. The van der Waals surface area contributed by atoms with Gasteiger partial charge in [-0.3, -0.25) is 29.5 Å². The average Bonchev–Trinajstić information content (AvgIpc) is 4.19. The minimum absolute atomic E-state index is 0.0115. The predicted octanol–water partition coefficient (Wildman–Crippen LogP) is 5.10. The zero-order valence-electron chi connectivity index (χ0n) is 39.8. The first-order valence-corrected chi connectivity index (χ1v) is 24.5. The molecule has 9 rings (SSSR count). The number of carbonyl (C=O) groups is 2. The van der Waals surface area contributed by atoms with Crippen LogP contribution in [0.4, 0.5) is 40.9 Å². The van der Waals surface area contributed by atoms with E-state index in [2.05, 4.69) is 71.8 Å². The summed E-state index contributed by atoms with van der Waals surface area (Å²) in [4.78, 5) is 62.5. The van der Waals surface area contributed by atoms with Gasteiger partial charge in [-0.15, -0.1) is 0 Å². The Labute approximate surface area is 403 Å². The number of nitrogens with two attached hydrogens (primary N) is 2. The monoisotopic (exact) mass is 950 g/mol. The molecule has 7 heterocycles. The van der Waals surface area contributed by atoms with Crippen molar-refractivity contribution in [1.82, 2.24) is 29.7 Å². The molecule has 5 aliphatic heterocycles. The number of fused-ring (bicyclic) bond motifs is 1. The lowest BCUT2D eigenvalue weighted by Gasteiger charge is -2.30. The van der Waals surface area contributed by atoms with Gasteiger partial charge >= 0.3 is 11.7 Å². The zero-order valence-corrected chi connectivity index (χ0v) is 39.8. The number of anilines is 6. The summed E-state index contributed by atoms with van der Waals surface area (Å²) in [5, 5.41) is 18.4. The van der Waals surface area contributed by atoms with Gasteiger partial charge in [0.1, 0.15) is 18.2 Å². The summed E-state index contributed by atoms with van der Waals surface area (Å²) in [5.41, 5.74) is 17.1. The molecule has 2 atom stereocenters. The summed E-state index contributed by atoms with van der Waals surface area (Å²) in [6.45, 7) is 11.8. The minimum Gasteiger partial charge on any atom is -0.465 e. The number of nitrogens with one attached hydrogen (secondary N) is 2. The van der Waals surface area contributed by atoms with Gasteiger partial charge < -0.3 is 46.1 Å². The number of nitrogen functional groups attached to an aromatic ring is 2. The number of esters is 1. The highest BCUT2D eigenvalue weighted by atomic mass is 16.6. The molecule has 370 valence electrons. The molecule has 2 aromatic carbocycles. The second-order valence-corrected chi connectivity index (χ2v) is 18.5. The third kappa shape index (κ3) is 13.7. The average molecular weight is 950 g/mol. The van der Waals surface area contributed by atoms with E-state index in [1.165, 1.54) is 54.8 Å². The molecule has 2 unspecified atom stereocenters. The van der Waals surface area contributed by atoms with E-state index in [1.54, 1.807) is 6.92 Å². The normalized spacial score (nSPS) is 19.3. The Balaban J connectivity index is 0.000000188. The quantitative estimate of drug-likeness (QED) is 0.0542. The number of rotatable bonds is 19. The van der Waals surface area contributed by atoms with Crippen molar-refractivity contribution in [2.45, 2.75) is 103 Å². The van der Waals surface area contributed by atoms with Crippen molar-refractivity contribution in [3.05, 3.63) is 86.5 Å². The van der Waals surface area contributed by atoms with Gasteiger partial charge in [0.05, 0.1) is 30.3 Å². The van der Waals surface area contributed by atoms with Gasteiger partial charge in [-0.25, -0.2) is 0 Å². The number of ether oxygens (including phenoxy) is 3. The molecule has 5 aliphatic rings. The van der Waals surface area contributed by atoms with Crippen molar-refractivity contribution in [2.24, 2.45) is 0 Å². The standard InChI is InChI=1S/C25H35N7O5.C24H32N6O2/c1-2-36-21(33)17-31(16-19-8-5-7-18(13-19)15-30-10-3-4-11-30)24-22(32(34)35)23(26)28-25(29-24)27-14-20-9-6-12-37-20;25-22-21-12-19(31)16-30(23(21)28-24(27-22)26-13-20-7-4-10-32-20)15-18-6-3-5-17(11-18)14-29-8-1-2-9-29/h5,7-8,13,20H,2-4,6,9-12,14-17H2,1H3,(H3,26,27,28,29);3,5-6,11,20H,1-2,4,7-10,12-16H2,(H3,25,26,27,28).